The normalized spacial score (nSPS) is 13.3. The lowest BCUT2D eigenvalue weighted by Gasteiger charge is -2.13. The molecular formula is C12H13N2O5P. The van der Waals surface area contributed by atoms with Crippen molar-refractivity contribution in [3.63, 3.8) is 0 Å². The Morgan fingerprint density at radius 1 is 1.25 bits per heavy atom. The molecule has 1 atom stereocenters. The lowest BCUT2D eigenvalue weighted by atomic mass is 10.1. The fraction of sp³-hybridized carbons (Fsp3) is 0.250. The molecule has 106 valence electrons. The molecule has 0 saturated heterocycles. The van der Waals surface area contributed by atoms with Crippen molar-refractivity contribution in [3.8, 4) is 0 Å². The van der Waals surface area contributed by atoms with Gasteiger partial charge in [0.2, 0.25) is 0 Å². The van der Waals surface area contributed by atoms with Crippen LogP contribution in [0.5, 0.6) is 0 Å². The predicted octanol–water partition coefficient (Wildman–Crippen LogP) is 1.50. The van der Waals surface area contributed by atoms with Crippen molar-refractivity contribution in [2.45, 2.75) is 19.0 Å². The van der Waals surface area contributed by atoms with Crippen LogP contribution in [-0.4, -0.2) is 30.8 Å². The molecule has 0 aliphatic carbocycles. The van der Waals surface area contributed by atoms with Crippen LogP contribution in [0.15, 0.2) is 24.3 Å². The number of nitrogens with zero attached hydrogens (tertiary/aromatic N) is 2. The van der Waals surface area contributed by atoms with Gasteiger partial charge in [-0.25, -0.2) is 9.97 Å². The quantitative estimate of drug-likeness (QED) is 0.731. The van der Waals surface area contributed by atoms with Gasteiger partial charge in [-0.05, 0) is 19.1 Å². The Hall–Kier alpha value is -1.82. The standard InChI is InChI=1S/C12H13N2O5P/c1-7(12(15)16)11-10(6-20(17,18)19)13-8-4-2-3-5-9(8)14-11/h2-5,7H,6H2,1H3,(H,15,16)(H2,17,18,19). The third-order valence-electron chi connectivity index (χ3n) is 2.81. The van der Waals surface area contributed by atoms with Crippen LogP contribution in [0.4, 0.5) is 0 Å². The van der Waals surface area contributed by atoms with Crippen LogP contribution in [0, 0.1) is 0 Å². The molecule has 0 saturated carbocycles. The summed E-state index contributed by atoms with van der Waals surface area (Å²) in [6.45, 7) is 1.41. The molecular weight excluding hydrogens is 283 g/mol. The molecule has 1 aromatic carbocycles. The van der Waals surface area contributed by atoms with Crippen molar-refractivity contribution >= 4 is 24.6 Å². The average Bonchev–Trinajstić information content (AvgIpc) is 2.35. The van der Waals surface area contributed by atoms with Gasteiger partial charge in [0.05, 0.1) is 34.5 Å². The average molecular weight is 296 g/mol. The zero-order valence-electron chi connectivity index (χ0n) is 10.6. The van der Waals surface area contributed by atoms with Crippen LogP contribution in [-0.2, 0) is 15.5 Å². The van der Waals surface area contributed by atoms with Crippen molar-refractivity contribution in [1.82, 2.24) is 9.97 Å². The first-order valence-electron chi connectivity index (χ1n) is 5.81. The maximum atomic E-state index is 11.2. The van der Waals surface area contributed by atoms with E-state index in [0.29, 0.717) is 11.0 Å². The monoisotopic (exact) mass is 296 g/mol. The van der Waals surface area contributed by atoms with E-state index in [-0.39, 0.29) is 11.4 Å². The molecule has 0 radical (unpaired) electrons. The topological polar surface area (TPSA) is 121 Å². The SMILES string of the molecule is CC(C(=O)O)c1nc2ccccc2nc1CP(=O)(O)O. The highest BCUT2D eigenvalue weighted by Gasteiger charge is 2.25. The third kappa shape index (κ3) is 3.19. The second kappa shape index (κ2) is 5.28. The Morgan fingerprint density at radius 2 is 1.80 bits per heavy atom. The second-order valence-corrected chi connectivity index (χ2v) is 6.07. The molecule has 0 aliphatic rings. The fourth-order valence-electron chi connectivity index (χ4n) is 1.83. The highest BCUT2D eigenvalue weighted by Crippen LogP contribution is 2.40. The molecule has 20 heavy (non-hydrogen) atoms. The highest BCUT2D eigenvalue weighted by molar-refractivity contribution is 7.50. The van der Waals surface area contributed by atoms with E-state index >= 15 is 0 Å². The smallest absolute Gasteiger partial charge is 0.331 e. The number of hydrogen-bond acceptors (Lipinski definition) is 4. The number of benzene rings is 1. The number of hydrogen-bond donors (Lipinski definition) is 3. The Bertz CT molecular complexity index is 712. The van der Waals surface area contributed by atoms with Crippen LogP contribution in [0.1, 0.15) is 24.2 Å². The third-order valence-corrected chi connectivity index (χ3v) is 3.52. The van der Waals surface area contributed by atoms with E-state index in [0.717, 1.165) is 0 Å². The summed E-state index contributed by atoms with van der Waals surface area (Å²) in [5.74, 6) is -2.12. The van der Waals surface area contributed by atoms with Gasteiger partial charge >= 0.3 is 13.6 Å². The predicted molar refractivity (Wildman–Crippen MR) is 71.3 cm³/mol. The first kappa shape index (κ1) is 14.6. The van der Waals surface area contributed by atoms with E-state index in [1.807, 2.05) is 0 Å². The Morgan fingerprint density at radius 3 is 2.30 bits per heavy atom. The summed E-state index contributed by atoms with van der Waals surface area (Å²) >= 11 is 0. The molecule has 0 spiro atoms. The maximum absolute atomic E-state index is 11.2. The molecule has 0 fully saturated rings. The molecule has 0 aliphatic heterocycles. The molecule has 3 N–H and O–H groups in total. The van der Waals surface area contributed by atoms with Gasteiger partial charge in [0.15, 0.2) is 0 Å². The minimum Gasteiger partial charge on any atom is -0.481 e. The van der Waals surface area contributed by atoms with Gasteiger partial charge in [0, 0.05) is 0 Å². The van der Waals surface area contributed by atoms with Gasteiger partial charge in [-0.1, -0.05) is 12.1 Å². The number of fused-ring (bicyclic) bond motifs is 1. The largest absolute Gasteiger partial charge is 0.481 e. The number of aromatic nitrogens is 2. The van der Waals surface area contributed by atoms with Gasteiger partial charge in [0.25, 0.3) is 0 Å². The molecule has 0 amide bonds. The summed E-state index contributed by atoms with van der Waals surface area (Å²) in [5.41, 5.74) is 1.06. The Kier molecular flexibility index (Phi) is 3.85. The second-order valence-electron chi connectivity index (χ2n) is 4.43. The van der Waals surface area contributed by atoms with Crippen molar-refractivity contribution in [3.05, 3.63) is 35.7 Å². The molecule has 2 aromatic rings. The number of aliphatic carboxylic acids is 1. The van der Waals surface area contributed by atoms with E-state index in [1.54, 1.807) is 24.3 Å². The molecule has 2 rings (SSSR count). The summed E-state index contributed by atoms with van der Waals surface area (Å²) in [5, 5.41) is 9.07. The number of carbonyl (C=O) groups is 1. The highest BCUT2D eigenvalue weighted by atomic mass is 31.2. The number of para-hydroxylation sites is 2. The van der Waals surface area contributed by atoms with E-state index in [1.165, 1.54) is 6.92 Å². The van der Waals surface area contributed by atoms with Crippen LogP contribution in [0.25, 0.3) is 11.0 Å². The fourth-order valence-corrected chi connectivity index (χ4v) is 2.45. The first-order chi connectivity index (χ1) is 9.28. The van der Waals surface area contributed by atoms with Crippen LogP contribution >= 0.6 is 7.60 Å². The van der Waals surface area contributed by atoms with Crippen LogP contribution < -0.4 is 0 Å². The number of rotatable bonds is 4. The Balaban J connectivity index is 2.64. The summed E-state index contributed by atoms with van der Waals surface area (Å²) in [4.78, 5) is 37.6. The summed E-state index contributed by atoms with van der Waals surface area (Å²) in [6.07, 6.45) is -0.627. The number of carboxylic acid groups (broad SMARTS) is 1. The van der Waals surface area contributed by atoms with E-state index in [4.69, 9.17) is 14.9 Å². The number of carboxylic acids is 1. The lowest BCUT2D eigenvalue weighted by Crippen LogP contribution is -2.14. The first-order valence-corrected chi connectivity index (χ1v) is 7.60. The van der Waals surface area contributed by atoms with Gasteiger partial charge in [-0.15, -0.1) is 0 Å². The van der Waals surface area contributed by atoms with Gasteiger partial charge in [-0.2, -0.15) is 0 Å². The van der Waals surface area contributed by atoms with E-state index < -0.39 is 25.6 Å². The molecule has 0 bridgehead atoms. The van der Waals surface area contributed by atoms with Crippen molar-refractivity contribution in [2.75, 3.05) is 0 Å². The van der Waals surface area contributed by atoms with Gasteiger partial charge < -0.3 is 14.9 Å². The Labute approximate surface area is 114 Å². The van der Waals surface area contributed by atoms with Gasteiger partial charge in [-0.3, -0.25) is 9.36 Å². The summed E-state index contributed by atoms with van der Waals surface area (Å²) in [7, 11) is -4.36. The molecule has 7 nitrogen and oxygen atoms in total. The zero-order valence-corrected chi connectivity index (χ0v) is 11.5. The van der Waals surface area contributed by atoms with Crippen molar-refractivity contribution < 1.29 is 24.3 Å². The van der Waals surface area contributed by atoms with Crippen LogP contribution in [0.3, 0.4) is 0 Å². The minimum atomic E-state index is -4.36. The molecule has 1 aromatic heterocycles. The summed E-state index contributed by atoms with van der Waals surface area (Å²) < 4.78 is 11.2. The van der Waals surface area contributed by atoms with E-state index in [9.17, 15) is 9.36 Å². The summed E-state index contributed by atoms with van der Waals surface area (Å²) in [6, 6.07) is 6.77. The van der Waals surface area contributed by atoms with Crippen LogP contribution in [0.2, 0.25) is 0 Å². The lowest BCUT2D eigenvalue weighted by molar-refractivity contribution is -0.138. The molecule has 1 heterocycles. The maximum Gasteiger partial charge on any atom is 0.331 e. The zero-order chi connectivity index (χ0) is 14.9. The van der Waals surface area contributed by atoms with Crippen molar-refractivity contribution in [2.24, 2.45) is 0 Å². The molecule has 1 unspecified atom stereocenters. The minimum absolute atomic E-state index is 0.0203. The van der Waals surface area contributed by atoms with Gasteiger partial charge in [0.1, 0.15) is 0 Å². The van der Waals surface area contributed by atoms with E-state index in [2.05, 4.69) is 9.97 Å². The van der Waals surface area contributed by atoms with Crippen molar-refractivity contribution in [1.29, 1.82) is 0 Å². The molecule has 8 heteroatoms.